The second-order valence-electron chi connectivity index (χ2n) is 5.28. The Morgan fingerprint density at radius 3 is 2.75 bits per heavy atom. The molecule has 2 heterocycles. The maximum Gasteiger partial charge on any atom is 0.254 e. The lowest BCUT2D eigenvalue weighted by Crippen LogP contribution is -2.49. The van der Waals surface area contributed by atoms with Crippen LogP contribution in [0.25, 0.3) is 0 Å². The Labute approximate surface area is 119 Å². The first-order valence-corrected chi connectivity index (χ1v) is 7.32. The molecule has 5 nitrogen and oxygen atoms in total. The molecule has 1 aromatic rings. The zero-order chi connectivity index (χ0) is 14.5. The van der Waals surface area contributed by atoms with Gasteiger partial charge in [0.2, 0.25) is 5.91 Å². The summed E-state index contributed by atoms with van der Waals surface area (Å²) < 4.78 is 1.60. The first kappa shape index (κ1) is 14.8. The Bertz CT molecular complexity index is 518. The van der Waals surface area contributed by atoms with Crippen molar-refractivity contribution in [1.82, 2.24) is 14.8 Å². The number of hydrogen-bond donors (Lipinski definition) is 1. The Morgan fingerprint density at radius 1 is 1.40 bits per heavy atom. The number of aryl methyl sites for hydroxylation is 1. The van der Waals surface area contributed by atoms with Gasteiger partial charge in [-0.15, -0.1) is 0 Å². The highest BCUT2D eigenvalue weighted by atomic mass is 16.2. The van der Waals surface area contributed by atoms with E-state index in [2.05, 4.69) is 5.32 Å². The van der Waals surface area contributed by atoms with Crippen molar-refractivity contribution in [3.63, 3.8) is 0 Å². The number of piperazine rings is 1. The Kier molecular flexibility index (Phi) is 4.95. The molecule has 1 aliphatic rings. The number of hydrogen-bond acceptors (Lipinski definition) is 3. The molecule has 110 valence electrons. The highest BCUT2D eigenvalue weighted by Gasteiger charge is 2.26. The largest absolute Gasteiger partial charge is 0.338 e. The molecule has 1 N–H and O–H groups in total. The van der Waals surface area contributed by atoms with Crippen LogP contribution < -0.4 is 10.9 Å². The number of amides is 1. The van der Waals surface area contributed by atoms with Gasteiger partial charge in [-0.3, -0.25) is 9.59 Å². The van der Waals surface area contributed by atoms with Crippen LogP contribution in [-0.2, 0) is 4.79 Å². The Balaban J connectivity index is 2.28. The molecule has 1 saturated heterocycles. The van der Waals surface area contributed by atoms with Crippen molar-refractivity contribution in [2.24, 2.45) is 0 Å². The van der Waals surface area contributed by atoms with Crippen LogP contribution in [0.1, 0.15) is 31.4 Å². The Hall–Kier alpha value is -1.62. The second kappa shape index (κ2) is 6.70. The van der Waals surface area contributed by atoms with Gasteiger partial charge in [0.05, 0.1) is 0 Å². The maximum absolute atomic E-state index is 12.7. The van der Waals surface area contributed by atoms with Gasteiger partial charge in [0, 0.05) is 37.9 Å². The molecule has 1 aromatic heterocycles. The highest BCUT2D eigenvalue weighted by Crippen LogP contribution is 2.16. The van der Waals surface area contributed by atoms with Crippen LogP contribution in [-0.4, -0.2) is 41.6 Å². The summed E-state index contributed by atoms with van der Waals surface area (Å²) >= 11 is 0. The van der Waals surface area contributed by atoms with E-state index < -0.39 is 0 Å². The summed E-state index contributed by atoms with van der Waals surface area (Å²) in [5.74, 6) is 0.0704. The molecule has 0 aliphatic carbocycles. The lowest BCUT2D eigenvalue weighted by molar-refractivity contribution is -0.135. The standard InChI is InChI=1S/C15H23N3O2/c1-3-5-13(15(20)17-10-7-16-8-11-17)18-9-4-6-12(2)14(18)19/h4,6,9,13,16H,3,5,7-8,10-11H2,1-2H3. The van der Waals surface area contributed by atoms with E-state index in [1.165, 1.54) is 0 Å². The van der Waals surface area contributed by atoms with Crippen molar-refractivity contribution in [2.75, 3.05) is 26.2 Å². The summed E-state index contributed by atoms with van der Waals surface area (Å²) in [6.45, 7) is 6.93. The molecule has 1 unspecified atom stereocenters. The molecule has 2 rings (SSSR count). The fourth-order valence-corrected chi connectivity index (χ4v) is 2.62. The quantitative estimate of drug-likeness (QED) is 0.891. The smallest absolute Gasteiger partial charge is 0.254 e. The highest BCUT2D eigenvalue weighted by molar-refractivity contribution is 5.80. The van der Waals surface area contributed by atoms with E-state index in [4.69, 9.17) is 0 Å². The van der Waals surface area contributed by atoms with Gasteiger partial charge >= 0.3 is 0 Å². The topological polar surface area (TPSA) is 54.3 Å². The molecular weight excluding hydrogens is 254 g/mol. The summed E-state index contributed by atoms with van der Waals surface area (Å²) in [5.41, 5.74) is 0.621. The van der Waals surface area contributed by atoms with Crippen molar-refractivity contribution < 1.29 is 4.79 Å². The number of rotatable bonds is 4. The minimum Gasteiger partial charge on any atom is -0.338 e. The van der Waals surface area contributed by atoms with E-state index in [0.29, 0.717) is 12.0 Å². The summed E-state index contributed by atoms with van der Waals surface area (Å²) in [6, 6.07) is 3.26. The third-order valence-corrected chi connectivity index (χ3v) is 3.78. The van der Waals surface area contributed by atoms with Gasteiger partial charge in [0.1, 0.15) is 6.04 Å². The average molecular weight is 277 g/mol. The zero-order valence-corrected chi connectivity index (χ0v) is 12.3. The predicted octanol–water partition coefficient (Wildman–Crippen LogP) is 0.930. The van der Waals surface area contributed by atoms with Gasteiger partial charge in [0.25, 0.3) is 5.56 Å². The first-order valence-electron chi connectivity index (χ1n) is 7.32. The number of aromatic nitrogens is 1. The summed E-state index contributed by atoms with van der Waals surface area (Å²) in [5, 5.41) is 3.24. The third kappa shape index (κ3) is 3.10. The second-order valence-corrected chi connectivity index (χ2v) is 5.28. The lowest BCUT2D eigenvalue weighted by atomic mass is 10.1. The zero-order valence-electron chi connectivity index (χ0n) is 12.3. The SMILES string of the molecule is CCCC(C(=O)N1CCNCC1)n1cccc(C)c1=O. The normalized spacial score (nSPS) is 17.0. The fourth-order valence-electron chi connectivity index (χ4n) is 2.62. The first-order chi connectivity index (χ1) is 9.65. The van der Waals surface area contributed by atoms with Crippen LogP contribution in [0.15, 0.2) is 23.1 Å². The van der Waals surface area contributed by atoms with E-state index in [1.54, 1.807) is 23.8 Å². The molecule has 1 amide bonds. The van der Waals surface area contributed by atoms with Gasteiger partial charge in [-0.05, 0) is 19.4 Å². The van der Waals surface area contributed by atoms with Crippen molar-refractivity contribution >= 4 is 5.91 Å². The molecule has 0 spiro atoms. The van der Waals surface area contributed by atoms with Gasteiger partial charge in [0.15, 0.2) is 0 Å². The van der Waals surface area contributed by atoms with E-state index in [-0.39, 0.29) is 17.5 Å². The number of nitrogens with zero attached hydrogens (tertiary/aromatic N) is 2. The molecule has 0 aromatic carbocycles. The molecule has 5 heteroatoms. The third-order valence-electron chi connectivity index (χ3n) is 3.78. The van der Waals surface area contributed by atoms with Crippen molar-refractivity contribution in [3.8, 4) is 0 Å². The van der Waals surface area contributed by atoms with Crippen LogP contribution in [0.3, 0.4) is 0 Å². The molecule has 1 aliphatic heterocycles. The van der Waals surface area contributed by atoms with E-state index >= 15 is 0 Å². The molecule has 1 fully saturated rings. The van der Waals surface area contributed by atoms with Crippen molar-refractivity contribution in [1.29, 1.82) is 0 Å². The molecule has 0 bridgehead atoms. The number of nitrogens with one attached hydrogen (secondary N) is 1. The lowest BCUT2D eigenvalue weighted by Gasteiger charge is -2.31. The number of carbonyl (C=O) groups is 1. The molecular formula is C15H23N3O2. The summed E-state index contributed by atoms with van der Waals surface area (Å²) in [4.78, 5) is 26.8. The van der Waals surface area contributed by atoms with E-state index in [0.717, 1.165) is 32.6 Å². The van der Waals surface area contributed by atoms with Crippen LogP contribution in [0.4, 0.5) is 0 Å². The summed E-state index contributed by atoms with van der Waals surface area (Å²) in [6.07, 6.45) is 3.31. The molecule has 0 radical (unpaired) electrons. The maximum atomic E-state index is 12.7. The Morgan fingerprint density at radius 2 is 2.10 bits per heavy atom. The van der Waals surface area contributed by atoms with Crippen molar-refractivity contribution in [3.05, 3.63) is 34.2 Å². The minimum atomic E-state index is -0.370. The minimum absolute atomic E-state index is 0.0607. The number of pyridine rings is 1. The molecule has 0 saturated carbocycles. The van der Waals surface area contributed by atoms with Crippen LogP contribution >= 0.6 is 0 Å². The van der Waals surface area contributed by atoms with Gasteiger partial charge in [-0.2, -0.15) is 0 Å². The number of carbonyl (C=O) groups excluding carboxylic acids is 1. The van der Waals surface area contributed by atoms with Gasteiger partial charge in [-0.1, -0.05) is 19.4 Å². The summed E-state index contributed by atoms with van der Waals surface area (Å²) in [7, 11) is 0. The monoisotopic (exact) mass is 277 g/mol. The van der Waals surface area contributed by atoms with Crippen LogP contribution in [0.2, 0.25) is 0 Å². The average Bonchev–Trinajstić information content (AvgIpc) is 2.48. The van der Waals surface area contributed by atoms with Crippen LogP contribution in [0.5, 0.6) is 0 Å². The van der Waals surface area contributed by atoms with Gasteiger partial charge < -0.3 is 14.8 Å². The van der Waals surface area contributed by atoms with Crippen molar-refractivity contribution in [2.45, 2.75) is 32.7 Å². The predicted molar refractivity (Wildman–Crippen MR) is 78.8 cm³/mol. The van der Waals surface area contributed by atoms with Crippen LogP contribution in [0, 0.1) is 6.92 Å². The molecule has 1 atom stereocenters. The fraction of sp³-hybridized carbons (Fsp3) is 0.600. The van der Waals surface area contributed by atoms with E-state index in [1.807, 2.05) is 17.9 Å². The van der Waals surface area contributed by atoms with E-state index in [9.17, 15) is 9.59 Å². The molecule has 20 heavy (non-hydrogen) atoms. The van der Waals surface area contributed by atoms with Gasteiger partial charge in [-0.25, -0.2) is 0 Å².